The Kier molecular flexibility index (Phi) is 4.42. The van der Waals surface area contributed by atoms with Gasteiger partial charge >= 0.3 is 0 Å². The van der Waals surface area contributed by atoms with Crippen LogP contribution < -0.4 is 5.73 Å². The zero-order chi connectivity index (χ0) is 18.3. The van der Waals surface area contributed by atoms with Crippen LogP contribution in [0.5, 0.6) is 0 Å². The van der Waals surface area contributed by atoms with Crippen molar-refractivity contribution < 1.29 is 4.79 Å². The number of hydrogen-bond acceptors (Lipinski definition) is 4. The van der Waals surface area contributed by atoms with Gasteiger partial charge in [-0.05, 0) is 43.4 Å². The smallest absolute Gasteiger partial charge is 0.238 e. The molecule has 1 saturated carbocycles. The van der Waals surface area contributed by atoms with Crippen molar-refractivity contribution in [1.82, 2.24) is 14.7 Å². The Balaban J connectivity index is 1.60. The van der Waals surface area contributed by atoms with Gasteiger partial charge in [-0.2, -0.15) is 5.10 Å². The van der Waals surface area contributed by atoms with Crippen LogP contribution in [0.3, 0.4) is 0 Å². The van der Waals surface area contributed by atoms with Crippen molar-refractivity contribution in [3.63, 3.8) is 0 Å². The molecule has 1 aliphatic carbocycles. The van der Waals surface area contributed by atoms with E-state index in [2.05, 4.69) is 21.9 Å². The Morgan fingerprint density at radius 3 is 2.77 bits per heavy atom. The van der Waals surface area contributed by atoms with Crippen LogP contribution in [0.15, 0.2) is 29.4 Å². The van der Waals surface area contributed by atoms with Crippen LogP contribution in [0.2, 0.25) is 0 Å². The molecule has 1 amide bonds. The third-order valence-electron chi connectivity index (χ3n) is 5.86. The van der Waals surface area contributed by atoms with Crippen molar-refractivity contribution in [2.75, 3.05) is 7.05 Å². The first-order valence-electron chi connectivity index (χ1n) is 9.61. The number of hydrogen-bond donors (Lipinski definition) is 1. The summed E-state index contributed by atoms with van der Waals surface area (Å²) in [7, 11) is 1.68. The van der Waals surface area contributed by atoms with Gasteiger partial charge in [0, 0.05) is 25.2 Å². The van der Waals surface area contributed by atoms with E-state index in [0.717, 1.165) is 28.9 Å². The molecule has 2 N–H and O–H groups in total. The molecule has 138 valence electrons. The van der Waals surface area contributed by atoms with Gasteiger partial charge in [0.1, 0.15) is 0 Å². The molecule has 1 fully saturated rings. The summed E-state index contributed by atoms with van der Waals surface area (Å²) in [5.41, 5.74) is 7.79. The third kappa shape index (κ3) is 3.08. The highest BCUT2D eigenvalue weighted by molar-refractivity contribution is 6.01. The van der Waals surface area contributed by atoms with Crippen LogP contribution in [0.25, 0.3) is 10.9 Å². The second-order valence-corrected chi connectivity index (χ2v) is 7.78. The standard InChI is InChI=1S/C20H27N5O/c1-13-18(19(26)24(2)20(21)22-13)15-8-9-17-16(10-15)12-25(23-17)11-14-6-4-3-5-7-14/h8-10,12-14,18H,3-7,11H2,1-2H3,(H2,21,22)/t13-,18?/m0/s1. The predicted octanol–water partition coefficient (Wildman–Crippen LogP) is 2.88. The molecule has 1 aliphatic heterocycles. The first-order chi connectivity index (χ1) is 12.5. The largest absolute Gasteiger partial charge is 0.369 e. The number of carbonyl (C=O) groups is 1. The first-order valence-corrected chi connectivity index (χ1v) is 9.61. The summed E-state index contributed by atoms with van der Waals surface area (Å²) in [5.74, 6) is 0.737. The van der Waals surface area contributed by atoms with Crippen molar-refractivity contribution in [3.05, 3.63) is 30.0 Å². The fraction of sp³-hybridized carbons (Fsp3) is 0.550. The fourth-order valence-electron chi connectivity index (χ4n) is 4.34. The number of likely N-dealkylation sites (N-methyl/N-ethyl adjacent to an activating group) is 1. The van der Waals surface area contributed by atoms with Crippen LogP contribution in [-0.2, 0) is 11.3 Å². The number of benzene rings is 1. The number of aromatic nitrogens is 2. The number of aliphatic imine (C=N–C) groups is 1. The van der Waals surface area contributed by atoms with Crippen LogP contribution in [0.1, 0.15) is 50.5 Å². The van der Waals surface area contributed by atoms with Gasteiger partial charge in [0.15, 0.2) is 5.96 Å². The summed E-state index contributed by atoms with van der Waals surface area (Å²) >= 11 is 0. The number of amides is 1. The van der Waals surface area contributed by atoms with Crippen LogP contribution in [0.4, 0.5) is 0 Å². The fourth-order valence-corrected chi connectivity index (χ4v) is 4.34. The highest BCUT2D eigenvalue weighted by atomic mass is 16.2. The maximum Gasteiger partial charge on any atom is 0.238 e. The van der Waals surface area contributed by atoms with Gasteiger partial charge in [0.05, 0.1) is 17.5 Å². The van der Waals surface area contributed by atoms with Gasteiger partial charge in [-0.25, -0.2) is 4.99 Å². The molecule has 26 heavy (non-hydrogen) atoms. The van der Waals surface area contributed by atoms with Gasteiger partial charge in [-0.15, -0.1) is 0 Å². The average Bonchev–Trinajstić information content (AvgIpc) is 3.02. The van der Waals surface area contributed by atoms with Gasteiger partial charge in [0.25, 0.3) is 0 Å². The number of fused-ring (bicyclic) bond motifs is 1. The van der Waals surface area contributed by atoms with Crippen LogP contribution in [-0.4, -0.2) is 39.6 Å². The summed E-state index contributed by atoms with van der Waals surface area (Å²) in [6.07, 6.45) is 8.79. The molecule has 6 heteroatoms. The minimum absolute atomic E-state index is 0.000975. The lowest BCUT2D eigenvalue weighted by Gasteiger charge is -2.31. The van der Waals surface area contributed by atoms with E-state index in [-0.39, 0.29) is 17.9 Å². The van der Waals surface area contributed by atoms with Gasteiger partial charge in [-0.3, -0.25) is 14.4 Å². The first kappa shape index (κ1) is 17.1. The Morgan fingerprint density at radius 1 is 1.23 bits per heavy atom. The highest BCUT2D eigenvalue weighted by Gasteiger charge is 2.34. The van der Waals surface area contributed by atoms with E-state index >= 15 is 0 Å². The Hall–Kier alpha value is -2.37. The molecule has 0 saturated heterocycles. The molecule has 4 rings (SSSR count). The van der Waals surface area contributed by atoms with E-state index in [1.165, 1.54) is 37.0 Å². The maximum absolute atomic E-state index is 12.7. The Morgan fingerprint density at radius 2 is 2.00 bits per heavy atom. The van der Waals surface area contributed by atoms with Crippen molar-refractivity contribution in [2.24, 2.45) is 16.6 Å². The summed E-state index contributed by atoms with van der Waals surface area (Å²) < 4.78 is 2.08. The summed E-state index contributed by atoms with van der Waals surface area (Å²) in [6.45, 7) is 2.94. The summed E-state index contributed by atoms with van der Waals surface area (Å²) in [4.78, 5) is 18.6. The Labute approximate surface area is 154 Å². The second-order valence-electron chi connectivity index (χ2n) is 7.78. The molecule has 1 aromatic heterocycles. The summed E-state index contributed by atoms with van der Waals surface area (Å²) in [6, 6.07) is 5.95. The van der Waals surface area contributed by atoms with E-state index in [1.807, 2.05) is 19.1 Å². The van der Waals surface area contributed by atoms with Crippen molar-refractivity contribution in [2.45, 2.75) is 57.5 Å². The lowest BCUT2D eigenvalue weighted by atomic mass is 9.89. The average molecular weight is 353 g/mol. The van der Waals surface area contributed by atoms with E-state index in [0.29, 0.717) is 5.96 Å². The van der Waals surface area contributed by atoms with Crippen LogP contribution >= 0.6 is 0 Å². The predicted molar refractivity (Wildman–Crippen MR) is 103 cm³/mol. The molecule has 1 unspecified atom stereocenters. The number of nitrogens with zero attached hydrogens (tertiary/aromatic N) is 4. The summed E-state index contributed by atoms with van der Waals surface area (Å²) in [5, 5.41) is 5.82. The molecule has 2 aromatic rings. The lowest BCUT2D eigenvalue weighted by Crippen LogP contribution is -2.48. The quantitative estimate of drug-likeness (QED) is 0.922. The molecule has 6 nitrogen and oxygen atoms in total. The molecule has 2 aliphatic rings. The zero-order valence-electron chi connectivity index (χ0n) is 15.6. The van der Waals surface area contributed by atoms with Crippen molar-refractivity contribution in [1.29, 1.82) is 0 Å². The number of rotatable bonds is 3. The lowest BCUT2D eigenvalue weighted by molar-refractivity contribution is -0.129. The molecule has 2 heterocycles. The van der Waals surface area contributed by atoms with Crippen molar-refractivity contribution in [3.8, 4) is 0 Å². The minimum atomic E-state index is -0.293. The van der Waals surface area contributed by atoms with Crippen molar-refractivity contribution >= 4 is 22.8 Å². The molecule has 1 aromatic carbocycles. The highest BCUT2D eigenvalue weighted by Crippen LogP contribution is 2.30. The number of nitrogens with two attached hydrogens (primary N) is 1. The molecule has 0 radical (unpaired) electrons. The minimum Gasteiger partial charge on any atom is -0.369 e. The normalized spacial score (nSPS) is 24.9. The maximum atomic E-state index is 12.7. The van der Waals surface area contributed by atoms with E-state index in [9.17, 15) is 4.79 Å². The van der Waals surface area contributed by atoms with E-state index < -0.39 is 0 Å². The number of guanidine groups is 1. The van der Waals surface area contributed by atoms with Gasteiger partial charge in [0.2, 0.25) is 5.91 Å². The van der Waals surface area contributed by atoms with Gasteiger partial charge in [-0.1, -0.05) is 25.3 Å². The molecule has 0 bridgehead atoms. The SMILES string of the molecule is C[C@@H]1N=C(N)N(C)C(=O)C1c1ccc2nn(CC3CCCCC3)cc2c1. The molecule has 2 atom stereocenters. The third-order valence-corrected chi connectivity index (χ3v) is 5.86. The number of carbonyl (C=O) groups excluding carboxylic acids is 1. The van der Waals surface area contributed by atoms with Crippen LogP contribution in [0, 0.1) is 5.92 Å². The molecular formula is C20H27N5O. The Bertz CT molecular complexity index is 849. The monoisotopic (exact) mass is 353 g/mol. The zero-order valence-corrected chi connectivity index (χ0v) is 15.6. The second kappa shape index (κ2) is 6.74. The van der Waals surface area contributed by atoms with E-state index in [1.54, 1.807) is 7.05 Å². The van der Waals surface area contributed by atoms with Gasteiger partial charge < -0.3 is 5.73 Å². The van der Waals surface area contributed by atoms with E-state index in [4.69, 9.17) is 10.8 Å². The molecule has 0 spiro atoms. The molecular weight excluding hydrogens is 326 g/mol. The topological polar surface area (TPSA) is 76.5 Å².